The molecule has 0 bridgehead atoms. The van der Waals surface area contributed by atoms with Gasteiger partial charge in [0.2, 0.25) is 5.91 Å². The fourth-order valence-electron chi connectivity index (χ4n) is 3.30. The number of nitrogens with zero attached hydrogens (tertiary/aromatic N) is 1. The van der Waals surface area contributed by atoms with Gasteiger partial charge in [-0.3, -0.25) is 4.79 Å². The van der Waals surface area contributed by atoms with Crippen LogP contribution >= 0.6 is 0 Å². The number of benzene rings is 3. The molecule has 0 aliphatic carbocycles. The van der Waals surface area contributed by atoms with Crippen LogP contribution in [0.4, 0.5) is 5.69 Å². The second kappa shape index (κ2) is 8.36. The Morgan fingerprint density at radius 1 is 0.963 bits per heavy atom. The second-order valence-electron chi connectivity index (χ2n) is 7.30. The summed E-state index contributed by atoms with van der Waals surface area (Å²) >= 11 is 0. The van der Waals surface area contributed by atoms with E-state index in [0.29, 0.717) is 13.0 Å². The highest BCUT2D eigenvalue weighted by Gasteiger charge is 2.18. The quantitative estimate of drug-likeness (QED) is 0.632. The van der Waals surface area contributed by atoms with Gasteiger partial charge in [-0.15, -0.1) is 0 Å². The van der Waals surface area contributed by atoms with E-state index in [1.807, 2.05) is 57.2 Å². The summed E-state index contributed by atoms with van der Waals surface area (Å²) in [5.41, 5.74) is 2.76. The van der Waals surface area contributed by atoms with Crippen LogP contribution in [0.2, 0.25) is 0 Å². The summed E-state index contributed by atoms with van der Waals surface area (Å²) in [7, 11) is 0. The van der Waals surface area contributed by atoms with Crippen molar-refractivity contribution in [1.29, 1.82) is 0 Å². The van der Waals surface area contributed by atoms with Crippen LogP contribution in [0, 0.1) is 5.92 Å². The van der Waals surface area contributed by atoms with Gasteiger partial charge in [-0.05, 0) is 46.0 Å². The zero-order valence-electron chi connectivity index (χ0n) is 16.2. The molecule has 140 valence electrons. The van der Waals surface area contributed by atoms with E-state index in [1.165, 1.54) is 10.8 Å². The van der Waals surface area contributed by atoms with E-state index in [0.717, 1.165) is 16.8 Å². The van der Waals surface area contributed by atoms with Crippen LogP contribution < -0.4 is 4.90 Å². The fraction of sp³-hybridized carbons (Fsp3) is 0.292. The molecule has 0 aromatic heterocycles. The highest BCUT2D eigenvalue weighted by molar-refractivity contribution is 5.93. The molecule has 0 radical (unpaired) electrons. The molecule has 27 heavy (non-hydrogen) atoms. The van der Waals surface area contributed by atoms with Crippen molar-refractivity contribution < 1.29 is 9.90 Å². The fourth-order valence-corrected chi connectivity index (χ4v) is 3.30. The van der Waals surface area contributed by atoms with E-state index >= 15 is 0 Å². The highest BCUT2D eigenvalue weighted by atomic mass is 16.3. The number of amides is 1. The normalized spacial score (nSPS) is 12.3. The molecule has 3 aromatic rings. The van der Waals surface area contributed by atoms with Crippen LogP contribution in [0.1, 0.15) is 44.4 Å². The molecule has 1 atom stereocenters. The molecular formula is C24H27NO2. The smallest absolute Gasteiger partial charge is 0.227 e. The molecule has 0 spiro atoms. The lowest BCUT2D eigenvalue weighted by Crippen LogP contribution is -2.29. The van der Waals surface area contributed by atoms with Gasteiger partial charge in [0, 0.05) is 12.1 Å². The third-order valence-corrected chi connectivity index (χ3v) is 4.91. The van der Waals surface area contributed by atoms with Crippen LogP contribution in [0.3, 0.4) is 0 Å². The maximum atomic E-state index is 12.7. The molecule has 0 fully saturated rings. The molecule has 1 amide bonds. The molecule has 3 aromatic carbocycles. The number of carbonyl (C=O) groups is 1. The molecule has 3 rings (SSSR count). The van der Waals surface area contributed by atoms with Crippen molar-refractivity contribution in [2.24, 2.45) is 5.92 Å². The van der Waals surface area contributed by atoms with Crippen LogP contribution in [0.25, 0.3) is 10.8 Å². The lowest BCUT2D eigenvalue weighted by atomic mass is 9.98. The lowest BCUT2D eigenvalue weighted by molar-refractivity contribution is -0.118. The number of aliphatic hydroxyl groups is 1. The van der Waals surface area contributed by atoms with Crippen LogP contribution in [0.15, 0.2) is 66.7 Å². The zero-order chi connectivity index (χ0) is 19.4. The first-order valence-corrected chi connectivity index (χ1v) is 9.55. The Labute approximate surface area is 161 Å². The average molecular weight is 361 g/mol. The second-order valence-corrected chi connectivity index (χ2v) is 7.30. The lowest BCUT2D eigenvalue weighted by Gasteiger charge is -2.24. The molecule has 0 saturated heterocycles. The predicted octanol–water partition coefficient (Wildman–Crippen LogP) is 5.47. The molecule has 0 saturated carbocycles. The van der Waals surface area contributed by atoms with Gasteiger partial charge in [-0.2, -0.15) is 0 Å². The van der Waals surface area contributed by atoms with Crippen LogP contribution in [0.5, 0.6) is 0 Å². The van der Waals surface area contributed by atoms with Gasteiger partial charge in [0.05, 0.1) is 12.6 Å². The van der Waals surface area contributed by atoms with E-state index in [9.17, 15) is 9.90 Å². The molecular weight excluding hydrogens is 334 g/mol. The number of hydrogen-bond donors (Lipinski definition) is 1. The first-order chi connectivity index (χ1) is 13.0. The van der Waals surface area contributed by atoms with Gasteiger partial charge in [-0.1, -0.05) is 69.3 Å². The summed E-state index contributed by atoms with van der Waals surface area (Å²) in [6, 6.07) is 22.2. The Hall–Kier alpha value is -2.65. The molecule has 0 heterocycles. The van der Waals surface area contributed by atoms with E-state index in [2.05, 4.69) is 30.3 Å². The minimum Gasteiger partial charge on any atom is -0.388 e. The van der Waals surface area contributed by atoms with Crippen molar-refractivity contribution >= 4 is 22.4 Å². The predicted molar refractivity (Wildman–Crippen MR) is 112 cm³/mol. The molecule has 1 unspecified atom stereocenters. The number of aliphatic hydroxyl groups excluding tert-OH is 1. The number of hydrogen-bond acceptors (Lipinski definition) is 2. The van der Waals surface area contributed by atoms with Crippen molar-refractivity contribution in [2.75, 3.05) is 4.90 Å². The molecule has 1 N–H and O–H groups in total. The van der Waals surface area contributed by atoms with Crippen molar-refractivity contribution in [3.63, 3.8) is 0 Å². The average Bonchev–Trinajstić information content (AvgIpc) is 2.70. The largest absolute Gasteiger partial charge is 0.388 e. The first-order valence-electron chi connectivity index (χ1n) is 9.55. The van der Waals surface area contributed by atoms with E-state index in [1.54, 1.807) is 4.90 Å². The Morgan fingerprint density at radius 3 is 2.41 bits per heavy atom. The summed E-state index contributed by atoms with van der Waals surface area (Å²) in [5, 5.41) is 12.8. The number of rotatable bonds is 6. The van der Waals surface area contributed by atoms with Gasteiger partial charge < -0.3 is 10.0 Å². The van der Waals surface area contributed by atoms with Crippen molar-refractivity contribution in [2.45, 2.75) is 39.8 Å². The van der Waals surface area contributed by atoms with E-state index in [4.69, 9.17) is 0 Å². The van der Waals surface area contributed by atoms with Gasteiger partial charge in [0.15, 0.2) is 0 Å². The van der Waals surface area contributed by atoms with Crippen molar-refractivity contribution in [3.05, 3.63) is 77.9 Å². The summed E-state index contributed by atoms with van der Waals surface area (Å²) in [4.78, 5) is 14.5. The number of fused-ring (bicyclic) bond motifs is 1. The Bertz CT molecular complexity index is 932. The standard InChI is InChI=1S/C24H27NO2/c1-4-23(26)25(22-11-7-10-21(15-22)24(27)17(2)3)16-18-12-13-19-8-5-6-9-20(19)14-18/h5-15,17,24,27H,4,16H2,1-3H3. The van der Waals surface area contributed by atoms with Gasteiger partial charge in [0.25, 0.3) is 0 Å². The highest BCUT2D eigenvalue weighted by Crippen LogP contribution is 2.27. The maximum Gasteiger partial charge on any atom is 0.227 e. The Kier molecular flexibility index (Phi) is 5.92. The molecule has 0 aliphatic rings. The molecule has 3 nitrogen and oxygen atoms in total. The zero-order valence-corrected chi connectivity index (χ0v) is 16.2. The third-order valence-electron chi connectivity index (χ3n) is 4.91. The Morgan fingerprint density at radius 2 is 1.70 bits per heavy atom. The van der Waals surface area contributed by atoms with Crippen LogP contribution in [-0.2, 0) is 11.3 Å². The number of anilines is 1. The van der Waals surface area contributed by atoms with Gasteiger partial charge in [-0.25, -0.2) is 0 Å². The minimum atomic E-state index is -0.538. The summed E-state index contributed by atoms with van der Waals surface area (Å²) in [6.45, 7) is 6.37. The van der Waals surface area contributed by atoms with E-state index < -0.39 is 6.10 Å². The van der Waals surface area contributed by atoms with Crippen molar-refractivity contribution in [1.82, 2.24) is 0 Å². The van der Waals surface area contributed by atoms with Crippen LogP contribution in [-0.4, -0.2) is 11.0 Å². The summed E-state index contributed by atoms with van der Waals surface area (Å²) in [5.74, 6) is 0.190. The summed E-state index contributed by atoms with van der Waals surface area (Å²) in [6.07, 6.45) is -0.103. The van der Waals surface area contributed by atoms with E-state index in [-0.39, 0.29) is 11.8 Å². The van der Waals surface area contributed by atoms with Gasteiger partial charge >= 0.3 is 0 Å². The third kappa shape index (κ3) is 4.37. The first kappa shape index (κ1) is 19.1. The SMILES string of the molecule is CCC(=O)N(Cc1ccc2ccccc2c1)c1cccc(C(O)C(C)C)c1. The molecule has 3 heteroatoms. The number of carbonyl (C=O) groups excluding carboxylic acids is 1. The molecule has 0 aliphatic heterocycles. The maximum absolute atomic E-state index is 12.7. The Balaban J connectivity index is 1.94. The van der Waals surface area contributed by atoms with Crippen molar-refractivity contribution in [3.8, 4) is 0 Å². The topological polar surface area (TPSA) is 40.5 Å². The minimum absolute atomic E-state index is 0.0688. The monoisotopic (exact) mass is 361 g/mol. The summed E-state index contributed by atoms with van der Waals surface area (Å²) < 4.78 is 0. The van der Waals surface area contributed by atoms with Gasteiger partial charge in [0.1, 0.15) is 0 Å².